The lowest BCUT2D eigenvalue weighted by molar-refractivity contribution is -0.137. The van der Waals surface area contributed by atoms with Gasteiger partial charge in [-0.15, -0.1) is 0 Å². The number of hydrogen-bond acceptors (Lipinski definition) is 3. The van der Waals surface area contributed by atoms with Crippen molar-refractivity contribution in [3.8, 4) is 0 Å². The van der Waals surface area contributed by atoms with E-state index in [2.05, 4.69) is 4.74 Å². The van der Waals surface area contributed by atoms with Crippen LogP contribution in [-0.4, -0.2) is 18.5 Å². The predicted octanol–water partition coefficient (Wildman–Crippen LogP) is 4.29. The van der Waals surface area contributed by atoms with Gasteiger partial charge in [0.25, 0.3) is 5.91 Å². The van der Waals surface area contributed by atoms with Crippen LogP contribution in [0.1, 0.15) is 15.9 Å². The number of hydrogen-bond donors (Lipinski definition) is 1. The zero-order valence-electron chi connectivity index (χ0n) is 12.4. The maximum atomic E-state index is 12.9. The summed E-state index contributed by atoms with van der Waals surface area (Å²) in [6.07, 6.45) is -4.72. The molecule has 2 rings (SSSR count). The summed E-state index contributed by atoms with van der Waals surface area (Å²) in [6, 6.07) is 7.36. The van der Waals surface area contributed by atoms with Crippen LogP contribution in [-0.2, 0) is 15.7 Å². The fourth-order valence-electron chi connectivity index (χ4n) is 1.86. The van der Waals surface area contributed by atoms with Crippen molar-refractivity contribution < 1.29 is 31.9 Å². The second-order valence-electron chi connectivity index (χ2n) is 4.79. The van der Waals surface area contributed by atoms with Gasteiger partial charge in [0.2, 0.25) is 0 Å². The highest BCUT2D eigenvalue weighted by atomic mass is 35.5. The number of nitrogens with one attached hydrogen (secondary N) is 1. The van der Waals surface area contributed by atoms with Gasteiger partial charge in [-0.25, -0.2) is 9.18 Å². The second-order valence-corrected chi connectivity index (χ2v) is 5.20. The molecule has 0 bridgehead atoms. The zero-order chi connectivity index (χ0) is 18.6. The number of rotatable bonds is 4. The van der Waals surface area contributed by atoms with Gasteiger partial charge < -0.3 is 10.1 Å². The van der Waals surface area contributed by atoms with Crippen LogP contribution in [0, 0.1) is 5.82 Å². The van der Waals surface area contributed by atoms with E-state index in [1.54, 1.807) is 0 Å². The largest absolute Gasteiger partial charge is 0.452 e. The third-order valence-electron chi connectivity index (χ3n) is 3.00. The molecule has 0 saturated carbocycles. The molecule has 0 heterocycles. The number of amides is 1. The van der Waals surface area contributed by atoms with Crippen LogP contribution >= 0.6 is 11.6 Å². The van der Waals surface area contributed by atoms with Crippen molar-refractivity contribution in [1.82, 2.24) is 0 Å². The molecule has 9 heteroatoms. The van der Waals surface area contributed by atoms with E-state index in [1.807, 2.05) is 5.32 Å². The fraction of sp³-hybridized carbons (Fsp3) is 0.125. The highest BCUT2D eigenvalue weighted by Crippen LogP contribution is 2.38. The summed E-state index contributed by atoms with van der Waals surface area (Å²) in [5.74, 6) is -2.49. The first kappa shape index (κ1) is 18.7. The molecule has 1 N–H and O–H groups in total. The summed E-state index contributed by atoms with van der Waals surface area (Å²) in [7, 11) is 0. The molecule has 2 aromatic rings. The van der Waals surface area contributed by atoms with Gasteiger partial charge in [0.05, 0.1) is 21.8 Å². The van der Waals surface area contributed by atoms with Crippen molar-refractivity contribution in [2.75, 3.05) is 11.9 Å². The Balaban J connectivity index is 2.04. The van der Waals surface area contributed by atoms with Gasteiger partial charge in [-0.1, -0.05) is 17.7 Å². The molecule has 0 aromatic heterocycles. The summed E-state index contributed by atoms with van der Waals surface area (Å²) in [5, 5.41) is 1.66. The second kappa shape index (κ2) is 7.52. The third-order valence-corrected chi connectivity index (χ3v) is 3.31. The Bertz CT molecular complexity index is 791. The average molecular weight is 376 g/mol. The Morgan fingerprint density at radius 2 is 1.72 bits per heavy atom. The molecule has 2 aromatic carbocycles. The smallest absolute Gasteiger partial charge is 0.418 e. The topological polar surface area (TPSA) is 55.4 Å². The van der Waals surface area contributed by atoms with Crippen LogP contribution in [0.3, 0.4) is 0 Å². The quantitative estimate of drug-likeness (QED) is 0.640. The molecule has 0 fully saturated rings. The van der Waals surface area contributed by atoms with E-state index in [4.69, 9.17) is 11.6 Å². The van der Waals surface area contributed by atoms with Crippen molar-refractivity contribution in [3.05, 3.63) is 64.4 Å². The van der Waals surface area contributed by atoms with E-state index in [-0.39, 0.29) is 10.6 Å². The van der Waals surface area contributed by atoms with Crippen molar-refractivity contribution in [2.24, 2.45) is 0 Å². The van der Waals surface area contributed by atoms with Crippen molar-refractivity contribution in [3.63, 3.8) is 0 Å². The van der Waals surface area contributed by atoms with Crippen LogP contribution in [0.4, 0.5) is 23.2 Å². The molecule has 132 valence electrons. The number of ether oxygens (including phenoxy) is 1. The Morgan fingerprint density at radius 1 is 1.08 bits per heavy atom. The lowest BCUT2D eigenvalue weighted by Crippen LogP contribution is -2.23. The first-order valence-electron chi connectivity index (χ1n) is 6.76. The monoisotopic (exact) mass is 375 g/mol. The fourth-order valence-corrected chi connectivity index (χ4v) is 2.09. The minimum Gasteiger partial charge on any atom is -0.452 e. The molecule has 0 atom stereocenters. The van der Waals surface area contributed by atoms with Crippen LogP contribution in [0.25, 0.3) is 0 Å². The number of esters is 1. The maximum absolute atomic E-state index is 12.9. The van der Waals surface area contributed by atoms with E-state index in [9.17, 15) is 27.2 Å². The predicted molar refractivity (Wildman–Crippen MR) is 81.8 cm³/mol. The number of para-hydroxylation sites is 1. The molecule has 25 heavy (non-hydrogen) atoms. The average Bonchev–Trinajstić information content (AvgIpc) is 2.54. The summed E-state index contributed by atoms with van der Waals surface area (Å²) < 4.78 is 56.2. The Morgan fingerprint density at radius 3 is 2.32 bits per heavy atom. The molecule has 0 unspecified atom stereocenters. The lowest BCUT2D eigenvalue weighted by atomic mass is 10.1. The van der Waals surface area contributed by atoms with Gasteiger partial charge in [0.15, 0.2) is 6.61 Å². The molecule has 0 aliphatic heterocycles. The first-order chi connectivity index (χ1) is 11.7. The third kappa shape index (κ3) is 4.93. The molecule has 0 radical (unpaired) electrons. The Kier molecular flexibility index (Phi) is 5.63. The number of alkyl halides is 3. The van der Waals surface area contributed by atoms with Crippen molar-refractivity contribution >= 4 is 29.2 Å². The highest BCUT2D eigenvalue weighted by Gasteiger charge is 2.34. The number of carbonyl (C=O) groups excluding carboxylic acids is 2. The molecular weight excluding hydrogens is 366 g/mol. The van der Waals surface area contributed by atoms with Gasteiger partial charge in [-0.05, 0) is 36.4 Å². The van der Waals surface area contributed by atoms with Crippen LogP contribution in [0.5, 0.6) is 0 Å². The zero-order valence-corrected chi connectivity index (χ0v) is 13.1. The Labute approximate surface area is 144 Å². The summed E-state index contributed by atoms with van der Waals surface area (Å²) in [4.78, 5) is 23.4. The molecule has 0 spiro atoms. The van der Waals surface area contributed by atoms with Crippen molar-refractivity contribution in [2.45, 2.75) is 6.18 Å². The van der Waals surface area contributed by atoms with Crippen LogP contribution in [0.15, 0.2) is 42.5 Å². The number of halogens is 5. The highest BCUT2D eigenvalue weighted by molar-refractivity contribution is 6.34. The SMILES string of the molecule is O=C(COC(=O)c1ccc(F)cc1)Nc1c(Cl)cccc1C(F)(F)F. The minimum absolute atomic E-state index is 0.0112. The lowest BCUT2D eigenvalue weighted by Gasteiger charge is -2.15. The molecule has 0 saturated heterocycles. The van der Waals surface area contributed by atoms with E-state index < -0.39 is 41.7 Å². The van der Waals surface area contributed by atoms with Crippen LogP contribution in [0.2, 0.25) is 5.02 Å². The standard InChI is InChI=1S/C16H10ClF4NO3/c17-12-3-1-2-11(16(19,20)21)14(12)22-13(23)8-25-15(24)9-4-6-10(18)7-5-9/h1-7H,8H2,(H,22,23). The van der Waals surface area contributed by atoms with E-state index in [1.165, 1.54) is 6.07 Å². The number of anilines is 1. The molecule has 0 aliphatic rings. The molecule has 4 nitrogen and oxygen atoms in total. The van der Waals surface area contributed by atoms with Gasteiger partial charge in [-0.2, -0.15) is 13.2 Å². The minimum atomic E-state index is -4.72. The van der Waals surface area contributed by atoms with E-state index in [0.29, 0.717) is 0 Å². The summed E-state index contributed by atoms with van der Waals surface area (Å²) in [5.41, 5.74) is -1.76. The van der Waals surface area contributed by atoms with E-state index in [0.717, 1.165) is 36.4 Å². The first-order valence-corrected chi connectivity index (χ1v) is 7.14. The van der Waals surface area contributed by atoms with Gasteiger partial charge in [0.1, 0.15) is 5.82 Å². The number of carbonyl (C=O) groups is 2. The van der Waals surface area contributed by atoms with Crippen molar-refractivity contribution in [1.29, 1.82) is 0 Å². The molecule has 0 aliphatic carbocycles. The molecular formula is C16H10ClF4NO3. The summed E-state index contributed by atoms with van der Waals surface area (Å²) in [6.45, 7) is -0.835. The normalized spacial score (nSPS) is 11.1. The van der Waals surface area contributed by atoms with Crippen LogP contribution < -0.4 is 5.32 Å². The summed E-state index contributed by atoms with van der Waals surface area (Å²) >= 11 is 5.69. The Hall–Kier alpha value is -2.61. The van der Waals surface area contributed by atoms with Gasteiger partial charge >= 0.3 is 12.1 Å². The van der Waals surface area contributed by atoms with Gasteiger partial charge in [0, 0.05) is 0 Å². The number of benzene rings is 2. The van der Waals surface area contributed by atoms with E-state index >= 15 is 0 Å². The molecule has 1 amide bonds. The van der Waals surface area contributed by atoms with Gasteiger partial charge in [-0.3, -0.25) is 4.79 Å². The maximum Gasteiger partial charge on any atom is 0.418 e.